The number of hydrogen-bond donors (Lipinski definition) is 1. The van der Waals surface area contributed by atoms with Gasteiger partial charge in [0.1, 0.15) is 0 Å². The molecule has 1 aromatic heterocycles. The van der Waals surface area contributed by atoms with Crippen molar-refractivity contribution >= 4 is 0 Å². The molecule has 4 heteroatoms. The first-order valence-corrected chi connectivity index (χ1v) is 7.08. The molecule has 110 valence electrons. The van der Waals surface area contributed by atoms with Gasteiger partial charge in [-0.25, -0.2) is 4.79 Å². The minimum Gasteiger partial charge on any atom is -0.296 e. The summed E-state index contributed by atoms with van der Waals surface area (Å²) in [6, 6.07) is 17.3. The first-order chi connectivity index (χ1) is 10.6. The molecule has 0 aliphatic carbocycles. The van der Waals surface area contributed by atoms with Crippen LogP contribution in [-0.4, -0.2) is 9.55 Å². The molecule has 2 aromatic carbocycles. The van der Waals surface area contributed by atoms with Crippen LogP contribution in [0.5, 0.6) is 0 Å². The minimum absolute atomic E-state index is 0.361. The highest BCUT2D eigenvalue weighted by molar-refractivity contribution is 5.62. The van der Waals surface area contributed by atoms with Gasteiger partial charge in [-0.1, -0.05) is 60.2 Å². The zero-order valence-corrected chi connectivity index (χ0v) is 12.2. The van der Waals surface area contributed by atoms with E-state index in [0.29, 0.717) is 12.1 Å². The van der Waals surface area contributed by atoms with E-state index in [1.165, 1.54) is 4.57 Å². The molecule has 4 nitrogen and oxygen atoms in total. The highest BCUT2D eigenvalue weighted by Crippen LogP contribution is 2.15. The molecule has 0 unspecified atom stereocenters. The number of nitrogens with zero attached hydrogens (tertiary/aromatic N) is 1. The Labute approximate surface area is 127 Å². The molecule has 0 bridgehead atoms. The lowest BCUT2D eigenvalue weighted by atomic mass is 10.1. The Bertz CT molecular complexity index is 908. The zero-order valence-electron chi connectivity index (χ0n) is 12.2. The molecule has 0 saturated carbocycles. The van der Waals surface area contributed by atoms with Gasteiger partial charge in [-0.3, -0.25) is 14.3 Å². The van der Waals surface area contributed by atoms with Crippen molar-refractivity contribution in [3.8, 4) is 11.1 Å². The zero-order chi connectivity index (χ0) is 15.5. The average molecular weight is 292 g/mol. The number of hydrogen-bond acceptors (Lipinski definition) is 2. The average Bonchev–Trinajstić information content (AvgIpc) is 2.51. The van der Waals surface area contributed by atoms with Crippen molar-refractivity contribution in [1.29, 1.82) is 0 Å². The van der Waals surface area contributed by atoms with Crippen LogP contribution in [0.3, 0.4) is 0 Å². The first kappa shape index (κ1) is 14.1. The van der Waals surface area contributed by atoms with Crippen molar-refractivity contribution < 1.29 is 0 Å². The van der Waals surface area contributed by atoms with Gasteiger partial charge in [0.2, 0.25) is 0 Å². The molecule has 0 spiro atoms. The van der Waals surface area contributed by atoms with E-state index < -0.39 is 5.69 Å². The SMILES string of the molecule is Cc1cccc(-c2cn(Cc3ccccc3)c(=O)[nH]c2=O)c1. The predicted molar refractivity (Wildman–Crippen MR) is 87.0 cm³/mol. The fourth-order valence-electron chi connectivity index (χ4n) is 2.43. The third kappa shape index (κ3) is 2.91. The molecule has 0 fully saturated rings. The van der Waals surface area contributed by atoms with Gasteiger partial charge in [-0.2, -0.15) is 0 Å². The van der Waals surface area contributed by atoms with Crippen molar-refractivity contribution in [3.63, 3.8) is 0 Å². The Hall–Kier alpha value is -2.88. The highest BCUT2D eigenvalue weighted by Gasteiger charge is 2.07. The summed E-state index contributed by atoms with van der Waals surface area (Å²) >= 11 is 0. The number of benzene rings is 2. The van der Waals surface area contributed by atoms with Crippen LogP contribution in [0.1, 0.15) is 11.1 Å². The summed E-state index contributed by atoms with van der Waals surface area (Å²) in [5, 5.41) is 0. The van der Waals surface area contributed by atoms with Gasteiger partial charge in [-0.15, -0.1) is 0 Å². The molecular weight excluding hydrogens is 276 g/mol. The van der Waals surface area contributed by atoms with E-state index in [1.54, 1.807) is 6.20 Å². The van der Waals surface area contributed by atoms with Gasteiger partial charge in [0.15, 0.2) is 0 Å². The van der Waals surface area contributed by atoms with E-state index in [0.717, 1.165) is 16.7 Å². The second-order valence-corrected chi connectivity index (χ2v) is 5.29. The molecule has 0 aliphatic rings. The van der Waals surface area contributed by atoms with E-state index in [2.05, 4.69) is 4.98 Å². The molecule has 0 aliphatic heterocycles. The number of nitrogens with one attached hydrogen (secondary N) is 1. The normalized spacial score (nSPS) is 10.6. The topological polar surface area (TPSA) is 54.9 Å². The quantitative estimate of drug-likeness (QED) is 0.806. The van der Waals surface area contributed by atoms with Gasteiger partial charge < -0.3 is 0 Å². The molecule has 1 N–H and O–H groups in total. The summed E-state index contributed by atoms with van der Waals surface area (Å²) in [5.41, 5.74) is 2.62. The van der Waals surface area contributed by atoms with Gasteiger partial charge in [0.05, 0.1) is 12.1 Å². The molecule has 0 saturated heterocycles. The van der Waals surface area contributed by atoms with Crippen LogP contribution in [0.4, 0.5) is 0 Å². The lowest BCUT2D eigenvalue weighted by molar-refractivity contribution is 0.722. The Morgan fingerprint density at radius 3 is 2.50 bits per heavy atom. The maximum Gasteiger partial charge on any atom is 0.328 e. The third-order valence-corrected chi connectivity index (χ3v) is 3.54. The number of H-pyrrole nitrogens is 1. The minimum atomic E-state index is -0.398. The monoisotopic (exact) mass is 292 g/mol. The first-order valence-electron chi connectivity index (χ1n) is 7.08. The summed E-state index contributed by atoms with van der Waals surface area (Å²) in [5.74, 6) is 0. The molecule has 0 atom stereocenters. The molecule has 22 heavy (non-hydrogen) atoms. The largest absolute Gasteiger partial charge is 0.328 e. The van der Waals surface area contributed by atoms with Gasteiger partial charge in [0, 0.05) is 6.20 Å². The maximum atomic E-state index is 12.1. The van der Waals surface area contributed by atoms with Gasteiger partial charge in [0.25, 0.3) is 5.56 Å². The van der Waals surface area contributed by atoms with Crippen molar-refractivity contribution in [2.75, 3.05) is 0 Å². The third-order valence-electron chi connectivity index (χ3n) is 3.54. The summed E-state index contributed by atoms with van der Waals surface area (Å²) < 4.78 is 1.52. The summed E-state index contributed by atoms with van der Waals surface area (Å²) in [6.07, 6.45) is 1.63. The Balaban J connectivity index is 2.08. The van der Waals surface area contributed by atoms with Crippen LogP contribution in [0, 0.1) is 6.92 Å². The van der Waals surface area contributed by atoms with Crippen molar-refractivity contribution in [2.24, 2.45) is 0 Å². The second kappa shape index (κ2) is 5.85. The Kier molecular flexibility index (Phi) is 3.74. The van der Waals surface area contributed by atoms with Crippen LogP contribution < -0.4 is 11.2 Å². The lowest BCUT2D eigenvalue weighted by Gasteiger charge is -2.08. The van der Waals surface area contributed by atoms with Crippen LogP contribution >= 0.6 is 0 Å². The van der Waals surface area contributed by atoms with Gasteiger partial charge in [-0.05, 0) is 18.1 Å². The molecule has 0 amide bonds. The molecular formula is C18H16N2O2. The van der Waals surface area contributed by atoms with E-state index in [4.69, 9.17) is 0 Å². The van der Waals surface area contributed by atoms with Crippen LogP contribution in [0.25, 0.3) is 11.1 Å². The van der Waals surface area contributed by atoms with Crippen molar-refractivity contribution in [2.45, 2.75) is 13.5 Å². The Morgan fingerprint density at radius 1 is 1.00 bits per heavy atom. The number of rotatable bonds is 3. The number of aryl methyl sites for hydroxylation is 1. The number of aromatic amines is 1. The van der Waals surface area contributed by atoms with E-state index in [9.17, 15) is 9.59 Å². The van der Waals surface area contributed by atoms with Crippen LogP contribution in [-0.2, 0) is 6.54 Å². The molecule has 3 rings (SSSR count). The predicted octanol–water partition coefficient (Wildman–Crippen LogP) is 2.56. The van der Waals surface area contributed by atoms with E-state index in [1.807, 2.05) is 61.5 Å². The van der Waals surface area contributed by atoms with E-state index in [-0.39, 0.29) is 5.56 Å². The van der Waals surface area contributed by atoms with Crippen molar-refractivity contribution in [3.05, 3.63) is 92.8 Å². The fourth-order valence-corrected chi connectivity index (χ4v) is 2.43. The molecule has 1 heterocycles. The second-order valence-electron chi connectivity index (χ2n) is 5.29. The lowest BCUT2D eigenvalue weighted by Crippen LogP contribution is -2.30. The van der Waals surface area contributed by atoms with E-state index >= 15 is 0 Å². The van der Waals surface area contributed by atoms with Crippen LogP contribution in [0.15, 0.2) is 70.4 Å². The number of aromatic nitrogens is 2. The van der Waals surface area contributed by atoms with Gasteiger partial charge >= 0.3 is 5.69 Å². The summed E-state index contributed by atoms with van der Waals surface area (Å²) in [4.78, 5) is 26.5. The highest BCUT2D eigenvalue weighted by atomic mass is 16.2. The summed E-state index contributed by atoms with van der Waals surface area (Å²) in [7, 11) is 0. The molecule has 3 aromatic rings. The maximum absolute atomic E-state index is 12.1. The standard InChI is InChI=1S/C18H16N2O2/c1-13-6-5-9-15(10-13)16-12-20(18(22)19-17(16)21)11-14-7-3-2-4-8-14/h2-10,12H,11H2,1H3,(H,19,21,22). The summed E-state index contributed by atoms with van der Waals surface area (Å²) in [6.45, 7) is 2.40. The van der Waals surface area contributed by atoms with Crippen LogP contribution in [0.2, 0.25) is 0 Å². The Morgan fingerprint density at radius 2 is 1.77 bits per heavy atom. The van der Waals surface area contributed by atoms with Crippen molar-refractivity contribution in [1.82, 2.24) is 9.55 Å². The fraction of sp³-hybridized carbons (Fsp3) is 0.111. The molecule has 0 radical (unpaired) electrons. The smallest absolute Gasteiger partial charge is 0.296 e.